The van der Waals surface area contributed by atoms with E-state index in [-0.39, 0.29) is 17.8 Å². The summed E-state index contributed by atoms with van der Waals surface area (Å²) in [5.74, 6) is -0.458. The Balaban J connectivity index is 2.13. The Bertz CT molecular complexity index is 686. The van der Waals surface area contributed by atoms with Crippen molar-refractivity contribution in [1.29, 1.82) is 0 Å². The Morgan fingerprint density at radius 3 is 2.78 bits per heavy atom. The number of hydrogen-bond acceptors (Lipinski definition) is 5. The van der Waals surface area contributed by atoms with E-state index in [1.165, 1.54) is 23.7 Å². The summed E-state index contributed by atoms with van der Waals surface area (Å²) in [6.07, 6.45) is 0. The molecule has 1 unspecified atom stereocenters. The number of halogens is 1. The summed E-state index contributed by atoms with van der Waals surface area (Å²) >= 11 is 1.26. The summed E-state index contributed by atoms with van der Waals surface area (Å²) in [6.45, 7) is 2.19. The van der Waals surface area contributed by atoms with Gasteiger partial charge < -0.3 is 15.5 Å². The second-order valence-electron chi connectivity index (χ2n) is 5.47. The van der Waals surface area contributed by atoms with Crippen LogP contribution in [-0.2, 0) is 0 Å². The zero-order chi connectivity index (χ0) is 17.0. The number of carbonyl (C=O) groups is 1. The second kappa shape index (κ2) is 7.52. The van der Waals surface area contributed by atoms with E-state index in [0.29, 0.717) is 17.8 Å². The molecule has 0 aliphatic heterocycles. The maximum atomic E-state index is 13.4. The van der Waals surface area contributed by atoms with E-state index >= 15 is 0 Å². The maximum Gasteiger partial charge on any atom is 0.256 e. The zero-order valence-electron chi connectivity index (χ0n) is 13.7. The SMILES string of the molecule is CNc1snc(C)c1C(=O)NCC(c1cccc(F)c1)N(C)C. The molecule has 0 aliphatic rings. The molecule has 0 spiro atoms. The summed E-state index contributed by atoms with van der Waals surface area (Å²) in [4.78, 5) is 14.4. The Morgan fingerprint density at radius 2 is 2.17 bits per heavy atom. The van der Waals surface area contributed by atoms with Crippen LogP contribution in [0, 0.1) is 12.7 Å². The van der Waals surface area contributed by atoms with Crippen LogP contribution in [0.3, 0.4) is 0 Å². The van der Waals surface area contributed by atoms with Gasteiger partial charge in [0.05, 0.1) is 17.3 Å². The van der Waals surface area contributed by atoms with Crippen LogP contribution >= 0.6 is 11.5 Å². The molecule has 0 bridgehead atoms. The Labute approximate surface area is 139 Å². The van der Waals surface area contributed by atoms with Crippen LogP contribution < -0.4 is 10.6 Å². The molecule has 1 aromatic heterocycles. The molecule has 124 valence electrons. The van der Waals surface area contributed by atoms with Crippen molar-refractivity contribution in [2.24, 2.45) is 0 Å². The Morgan fingerprint density at radius 1 is 1.43 bits per heavy atom. The first kappa shape index (κ1) is 17.4. The molecule has 23 heavy (non-hydrogen) atoms. The standard InChI is InChI=1S/C16H21FN4OS/c1-10-14(16(18-2)23-20-10)15(22)19-9-13(21(3)4)11-6-5-7-12(17)8-11/h5-8,13,18H,9H2,1-4H3,(H,19,22). The quantitative estimate of drug-likeness (QED) is 0.851. The highest BCUT2D eigenvalue weighted by Gasteiger charge is 2.20. The lowest BCUT2D eigenvalue weighted by atomic mass is 10.1. The number of nitrogens with zero attached hydrogens (tertiary/aromatic N) is 2. The highest BCUT2D eigenvalue weighted by molar-refractivity contribution is 7.10. The van der Waals surface area contributed by atoms with Crippen LogP contribution in [0.2, 0.25) is 0 Å². The van der Waals surface area contributed by atoms with E-state index in [1.54, 1.807) is 13.1 Å². The van der Waals surface area contributed by atoms with Crippen molar-refractivity contribution in [2.45, 2.75) is 13.0 Å². The van der Waals surface area contributed by atoms with Crippen LogP contribution in [0.5, 0.6) is 0 Å². The molecule has 1 atom stereocenters. The molecule has 1 amide bonds. The first-order valence-electron chi connectivity index (χ1n) is 7.28. The van der Waals surface area contributed by atoms with E-state index in [9.17, 15) is 9.18 Å². The van der Waals surface area contributed by atoms with E-state index in [1.807, 2.05) is 32.0 Å². The number of hydrogen-bond donors (Lipinski definition) is 2. The number of likely N-dealkylation sites (N-methyl/N-ethyl adjacent to an activating group) is 1. The third-order valence-electron chi connectivity index (χ3n) is 3.63. The number of carbonyl (C=O) groups excluding carboxylic acids is 1. The third-order valence-corrected chi connectivity index (χ3v) is 4.59. The summed E-state index contributed by atoms with van der Waals surface area (Å²) in [5.41, 5.74) is 2.09. The van der Waals surface area contributed by atoms with E-state index in [2.05, 4.69) is 15.0 Å². The molecule has 2 aromatic rings. The van der Waals surface area contributed by atoms with Gasteiger partial charge in [0.2, 0.25) is 0 Å². The molecule has 0 saturated carbocycles. The summed E-state index contributed by atoms with van der Waals surface area (Å²) in [7, 11) is 5.56. The van der Waals surface area contributed by atoms with Crippen molar-refractivity contribution < 1.29 is 9.18 Å². The van der Waals surface area contributed by atoms with Crippen LogP contribution in [0.1, 0.15) is 27.7 Å². The van der Waals surface area contributed by atoms with Crippen LogP contribution in [-0.4, -0.2) is 42.9 Å². The average molecular weight is 336 g/mol. The van der Waals surface area contributed by atoms with Crippen molar-refractivity contribution >= 4 is 22.4 Å². The van der Waals surface area contributed by atoms with Gasteiger partial charge in [0.15, 0.2) is 0 Å². The van der Waals surface area contributed by atoms with Crippen molar-refractivity contribution in [3.8, 4) is 0 Å². The van der Waals surface area contributed by atoms with Gasteiger partial charge in [-0.05, 0) is 50.2 Å². The molecule has 1 heterocycles. The van der Waals surface area contributed by atoms with Crippen LogP contribution in [0.25, 0.3) is 0 Å². The van der Waals surface area contributed by atoms with Crippen LogP contribution in [0.4, 0.5) is 9.39 Å². The molecule has 0 aliphatic carbocycles. The zero-order valence-corrected chi connectivity index (χ0v) is 14.5. The number of nitrogens with one attached hydrogen (secondary N) is 2. The number of amides is 1. The van der Waals surface area contributed by atoms with E-state index in [0.717, 1.165) is 10.6 Å². The predicted octanol–water partition coefficient (Wildman–Crippen LogP) is 2.67. The smallest absolute Gasteiger partial charge is 0.256 e. The number of benzene rings is 1. The van der Waals surface area contributed by atoms with Gasteiger partial charge in [0.1, 0.15) is 10.8 Å². The van der Waals surface area contributed by atoms with Crippen LogP contribution in [0.15, 0.2) is 24.3 Å². The number of aromatic nitrogens is 1. The first-order valence-corrected chi connectivity index (χ1v) is 8.05. The van der Waals surface area contributed by atoms with E-state index < -0.39 is 0 Å². The molecular weight excluding hydrogens is 315 g/mol. The summed E-state index contributed by atoms with van der Waals surface area (Å²) < 4.78 is 17.6. The van der Waals surface area contributed by atoms with Gasteiger partial charge in [-0.3, -0.25) is 4.79 Å². The molecule has 0 saturated heterocycles. The lowest BCUT2D eigenvalue weighted by Crippen LogP contribution is -2.35. The van der Waals surface area contributed by atoms with Crippen molar-refractivity contribution in [2.75, 3.05) is 33.0 Å². The molecule has 2 rings (SSSR count). The monoisotopic (exact) mass is 336 g/mol. The Kier molecular flexibility index (Phi) is 5.68. The minimum Gasteiger partial charge on any atom is -0.378 e. The molecule has 0 radical (unpaired) electrons. The minimum atomic E-state index is -0.281. The summed E-state index contributed by atoms with van der Waals surface area (Å²) in [6, 6.07) is 6.33. The van der Waals surface area contributed by atoms with Gasteiger partial charge >= 0.3 is 0 Å². The van der Waals surface area contributed by atoms with Gasteiger partial charge in [-0.25, -0.2) is 4.39 Å². The van der Waals surface area contributed by atoms with Crippen molar-refractivity contribution in [1.82, 2.24) is 14.6 Å². The highest BCUT2D eigenvalue weighted by atomic mass is 32.1. The van der Waals surface area contributed by atoms with Gasteiger partial charge in [0, 0.05) is 13.6 Å². The summed E-state index contributed by atoms with van der Waals surface area (Å²) in [5, 5.41) is 6.65. The molecular formula is C16H21FN4OS. The molecule has 0 fully saturated rings. The third kappa shape index (κ3) is 4.05. The fraction of sp³-hybridized carbons (Fsp3) is 0.375. The number of rotatable bonds is 6. The van der Waals surface area contributed by atoms with Crippen molar-refractivity contribution in [3.05, 3.63) is 46.9 Å². The lowest BCUT2D eigenvalue weighted by Gasteiger charge is -2.25. The molecule has 2 N–H and O–H groups in total. The number of aryl methyl sites for hydroxylation is 1. The topological polar surface area (TPSA) is 57.3 Å². The van der Waals surface area contributed by atoms with E-state index in [4.69, 9.17) is 0 Å². The largest absolute Gasteiger partial charge is 0.378 e. The number of anilines is 1. The van der Waals surface area contributed by atoms with Gasteiger partial charge in [-0.15, -0.1) is 0 Å². The normalized spacial score (nSPS) is 12.3. The minimum absolute atomic E-state index is 0.111. The van der Waals surface area contributed by atoms with Gasteiger partial charge in [0.25, 0.3) is 5.91 Å². The lowest BCUT2D eigenvalue weighted by molar-refractivity contribution is 0.0942. The fourth-order valence-electron chi connectivity index (χ4n) is 2.40. The van der Waals surface area contributed by atoms with Crippen molar-refractivity contribution in [3.63, 3.8) is 0 Å². The predicted molar refractivity (Wildman–Crippen MR) is 91.6 cm³/mol. The highest BCUT2D eigenvalue weighted by Crippen LogP contribution is 2.24. The Hall–Kier alpha value is -1.99. The molecule has 5 nitrogen and oxygen atoms in total. The molecule has 7 heteroatoms. The molecule has 1 aromatic carbocycles. The van der Waals surface area contributed by atoms with Gasteiger partial charge in [-0.2, -0.15) is 4.37 Å². The average Bonchev–Trinajstić information content (AvgIpc) is 2.88. The second-order valence-corrected chi connectivity index (χ2v) is 6.24. The first-order chi connectivity index (χ1) is 10.9. The van der Waals surface area contributed by atoms with Gasteiger partial charge in [-0.1, -0.05) is 12.1 Å². The fourth-order valence-corrected chi connectivity index (χ4v) is 3.14. The maximum absolute atomic E-state index is 13.4.